The second-order valence-electron chi connectivity index (χ2n) is 5.67. The smallest absolute Gasteiger partial charge is 0.449 e. The Kier molecular flexibility index (Phi) is 7.50. The molecule has 0 aliphatic carbocycles. The first-order chi connectivity index (χ1) is 13.2. The molecule has 0 N–H and O–H groups in total. The molecule has 18 heteroatoms. The Bertz CT molecular complexity index is 643. The molecule has 1 aliphatic heterocycles. The molecule has 1 fully saturated rings. The Morgan fingerprint density at radius 1 is 0.767 bits per heavy atom. The van der Waals surface area contributed by atoms with Gasteiger partial charge in [0.2, 0.25) is 0 Å². The van der Waals surface area contributed by atoms with Crippen LogP contribution in [0.15, 0.2) is 0 Å². The Morgan fingerprint density at radius 3 is 1.63 bits per heavy atom. The van der Waals surface area contributed by atoms with Gasteiger partial charge in [0.1, 0.15) is 0 Å². The number of piperazine rings is 1. The Labute approximate surface area is 163 Å². The van der Waals surface area contributed by atoms with Gasteiger partial charge in [-0.2, -0.15) is 52.7 Å². The van der Waals surface area contributed by atoms with Crippen molar-refractivity contribution < 1.29 is 67.0 Å². The summed E-state index contributed by atoms with van der Waals surface area (Å²) in [4.78, 5) is 23.3. The molecule has 0 bridgehead atoms. The van der Waals surface area contributed by atoms with Crippen LogP contribution < -0.4 is 0 Å². The van der Waals surface area contributed by atoms with Crippen molar-refractivity contribution in [3.8, 4) is 0 Å². The molecule has 30 heavy (non-hydrogen) atoms. The fraction of sp³-hybridized carbons (Fsp3) is 0.833. The predicted octanol–water partition coefficient (Wildman–Crippen LogP) is 3.31. The van der Waals surface area contributed by atoms with Crippen molar-refractivity contribution in [2.75, 3.05) is 32.8 Å². The van der Waals surface area contributed by atoms with Crippen LogP contribution in [0.1, 0.15) is 0 Å². The zero-order valence-corrected chi connectivity index (χ0v) is 14.9. The van der Waals surface area contributed by atoms with Crippen molar-refractivity contribution in [2.45, 2.75) is 29.5 Å². The van der Waals surface area contributed by atoms with Gasteiger partial charge < -0.3 is 9.64 Å². The first kappa shape index (κ1) is 26.4. The van der Waals surface area contributed by atoms with E-state index in [-0.39, 0.29) is 4.31 Å². The maximum atomic E-state index is 13.5. The zero-order chi connectivity index (χ0) is 23.8. The highest BCUT2D eigenvalue weighted by atomic mass is 32.2. The third-order valence-electron chi connectivity index (χ3n) is 3.43. The summed E-state index contributed by atoms with van der Waals surface area (Å²) in [6.07, 6.45) is -11.9. The number of hydrogen-bond donors (Lipinski definition) is 0. The van der Waals surface area contributed by atoms with Crippen molar-refractivity contribution in [3.63, 3.8) is 0 Å². The van der Waals surface area contributed by atoms with E-state index in [1.165, 1.54) is 0 Å². The van der Waals surface area contributed by atoms with Crippen LogP contribution in [-0.2, 0) is 14.3 Å². The van der Waals surface area contributed by atoms with E-state index in [1.54, 1.807) is 0 Å². The van der Waals surface area contributed by atoms with Gasteiger partial charge in [0.15, 0.2) is 6.61 Å². The largest absolute Gasteiger partial charge is 0.460 e. The van der Waals surface area contributed by atoms with E-state index in [9.17, 15) is 62.3 Å². The minimum Gasteiger partial charge on any atom is -0.449 e. The van der Waals surface area contributed by atoms with Gasteiger partial charge in [-0.05, 0) is 0 Å². The molecular weight excluding hydrogens is 480 g/mol. The van der Waals surface area contributed by atoms with E-state index in [4.69, 9.17) is 0 Å². The van der Waals surface area contributed by atoms with Crippen molar-refractivity contribution in [2.24, 2.45) is 0 Å². The second-order valence-corrected chi connectivity index (χ2v) is 6.88. The summed E-state index contributed by atoms with van der Waals surface area (Å²) >= 11 is -1.32. The Morgan fingerprint density at radius 2 is 1.23 bits per heavy atom. The number of nitrogens with zero attached hydrogens (tertiary/aromatic N) is 2. The first-order valence-electron chi connectivity index (χ1n) is 7.40. The highest BCUT2D eigenvalue weighted by Gasteiger charge is 2.82. The van der Waals surface area contributed by atoms with E-state index in [2.05, 4.69) is 4.74 Å². The Hall–Kier alpha value is -1.59. The summed E-state index contributed by atoms with van der Waals surface area (Å²) in [6, 6.07) is 0. The number of carbonyl (C=O) groups excluding carboxylic acids is 2. The molecule has 1 amide bonds. The van der Waals surface area contributed by atoms with Crippen molar-refractivity contribution >= 4 is 23.8 Å². The number of carbonyl (C=O) groups is 2. The molecule has 0 spiro atoms. The molecule has 0 unspecified atom stereocenters. The average Bonchev–Trinajstić information content (AvgIpc) is 2.57. The topological polar surface area (TPSA) is 49.9 Å². The van der Waals surface area contributed by atoms with E-state index >= 15 is 0 Å². The summed E-state index contributed by atoms with van der Waals surface area (Å²) in [6.45, 7) is -5.16. The van der Waals surface area contributed by atoms with Crippen LogP contribution in [0.5, 0.6) is 0 Å². The third-order valence-corrected chi connectivity index (χ3v) is 4.54. The minimum absolute atomic E-state index is 0.241. The molecule has 0 saturated carbocycles. The van der Waals surface area contributed by atoms with E-state index < -0.39 is 86.1 Å². The standard InChI is InChI=1S/C12H10F12N2O3S/c13-8(14,15)5-29-7(28)6(27)25-1-3-26(4-2-25)30-12(23,24)10(18,19)9(16,17)11(20,21)22/h1-5H2. The number of alkyl halides is 12. The summed E-state index contributed by atoms with van der Waals surface area (Å²) in [5, 5.41) is -5.93. The van der Waals surface area contributed by atoms with E-state index in [0.717, 1.165) is 0 Å². The molecule has 1 rings (SSSR count). The highest BCUT2D eigenvalue weighted by molar-refractivity contribution is 7.98. The van der Waals surface area contributed by atoms with Crippen LogP contribution in [0.25, 0.3) is 0 Å². The lowest BCUT2D eigenvalue weighted by Crippen LogP contribution is -2.61. The van der Waals surface area contributed by atoms with Crippen LogP contribution in [-0.4, -0.2) is 83.3 Å². The van der Waals surface area contributed by atoms with E-state index in [0.29, 0.717) is 4.90 Å². The van der Waals surface area contributed by atoms with Crippen LogP contribution in [0.3, 0.4) is 0 Å². The normalized spacial score (nSPS) is 17.8. The predicted molar refractivity (Wildman–Crippen MR) is 73.7 cm³/mol. The fourth-order valence-electron chi connectivity index (χ4n) is 1.90. The maximum absolute atomic E-state index is 13.5. The number of halogens is 12. The number of rotatable bonds is 5. The summed E-state index contributed by atoms with van der Waals surface area (Å²) in [7, 11) is 0. The number of ether oxygens (including phenoxy) is 1. The molecule has 1 saturated heterocycles. The van der Waals surface area contributed by atoms with Gasteiger partial charge in [-0.3, -0.25) is 4.79 Å². The molecule has 0 aromatic carbocycles. The lowest BCUT2D eigenvalue weighted by molar-refractivity contribution is -0.381. The zero-order valence-electron chi connectivity index (χ0n) is 14.1. The summed E-state index contributed by atoms with van der Waals surface area (Å²) in [5.74, 6) is -17.5. The molecule has 0 radical (unpaired) electrons. The van der Waals surface area contributed by atoms with Crippen molar-refractivity contribution in [1.82, 2.24) is 9.21 Å². The van der Waals surface area contributed by atoms with Crippen LogP contribution in [0.4, 0.5) is 52.7 Å². The molecule has 5 nitrogen and oxygen atoms in total. The van der Waals surface area contributed by atoms with Crippen LogP contribution in [0.2, 0.25) is 0 Å². The lowest BCUT2D eigenvalue weighted by atomic mass is 10.1. The molecule has 0 atom stereocenters. The van der Waals surface area contributed by atoms with Crippen molar-refractivity contribution in [1.29, 1.82) is 0 Å². The highest BCUT2D eigenvalue weighted by Crippen LogP contribution is 2.57. The third kappa shape index (κ3) is 5.76. The molecule has 1 heterocycles. The summed E-state index contributed by atoms with van der Waals surface area (Å²) < 4.78 is 155. The van der Waals surface area contributed by atoms with Crippen LogP contribution in [0, 0.1) is 0 Å². The van der Waals surface area contributed by atoms with Gasteiger partial charge in [0, 0.05) is 38.1 Å². The lowest BCUT2D eigenvalue weighted by Gasteiger charge is -2.38. The molecule has 0 aromatic heterocycles. The fourth-order valence-corrected chi connectivity index (χ4v) is 2.81. The SMILES string of the molecule is O=C(OCC(F)(F)F)C(=O)N1CCN(SC(F)(F)C(F)(F)C(F)(F)C(F)(F)F)CC1. The average molecular weight is 490 g/mol. The first-order valence-corrected chi connectivity index (χ1v) is 8.17. The van der Waals surface area contributed by atoms with Gasteiger partial charge in [-0.1, -0.05) is 0 Å². The quantitative estimate of drug-likeness (QED) is 0.256. The number of amides is 1. The van der Waals surface area contributed by atoms with Crippen LogP contribution >= 0.6 is 11.9 Å². The number of esters is 1. The Balaban J connectivity index is 2.71. The van der Waals surface area contributed by atoms with Gasteiger partial charge in [0.25, 0.3) is 0 Å². The van der Waals surface area contributed by atoms with E-state index in [1.807, 2.05) is 0 Å². The minimum atomic E-state index is -7.06. The second kappa shape index (κ2) is 8.51. The monoisotopic (exact) mass is 490 g/mol. The van der Waals surface area contributed by atoms with Crippen molar-refractivity contribution in [3.05, 3.63) is 0 Å². The number of hydrogen-bond acceptors (Lipinski definition) is 5. The summed E-state index contributed by atoms with van der Waals surface area (Å²) in [5.41, 5.74) is 0. The van der Waals surface area contributed by atoms with Gasteiger partial charge >= 0.3 is 41.3 Å². The van der Waals surface area contributed by atoms with Gasteiger partial charge in [-0.25, -0.2) is 9.10 Å². The molecular formula is C12H10F12N2O3S. The molecule has 0 aromatic rings. The van der Waals surface area contributed by atoms with Gasteiger partial charge in [-0.15, -0.1) is 0 Å². The maximum Gasteiger partial charge on any atom is 0.460 e. The van der Waals surface area contributed by atoms with Gasteiger partial charge in [0.05, 0.1) is 0 Å². The molecule has 1 aliphatic rings. The molecule has 176 valence electrons.